The fraction of sp³-hybridized carbons (Fsp3) is 0.949. The Hall–Kier alpha value is -1.94. The van der Waals surface area contributed by atoms with Crippen molar-refractivity contribution in [2.45, 2.75) is 438 Å². The summed E-state index contributed by atoms with van der Waals surface area (Å²) in [6.07, 6.45) is 62.5. The molecule has 0 bridgehead atoms. The number of rotatable bonds is 79. The number of hydrogen-bond donors (Lipinski definition) is 3. The van der Waals surface area contributed by atoms with Gasteiger partial charge in [0.05, 0.1) is 26.4 Å². The molecule has 19 heteroatoms. The van der Waals surface area contributed by atoms with Crippen molar-refractivity contribution in [3.63, 3.8) is 0 Å². The number of ether oxygens (including phenoxy) is 4. The minimum atomic E-state index is -4.96. The average molecular weight is 1440 g/mol. The second-order valence-electron chi connectivity index (χ2n) is 28.9. The SMILES string of the molecule is CCCCCCCCCCCCCCCCCCCCCCC(=O)O[C@H](COC(=O)CCCCCCCCCCCCCCCCCC)COP(=O)(O)OC[C@@H](O)COP(=O)(O)OC[C@@H](COC(=O)CCCCCCCCCCCC)OC(=O)CCCCCCCCCCCC(C)C. The van der Waals surface area contributed by atoms with Crippen LogP contribution >= 0.6 is 15.6 Å². The predicted octanol–water partition coefficient (Wildman–Crippen LogP) is 23.6. The van der Waals surface area contributed by atoms with Crippen molar-refractivity contribution in [1.29, 1.82) is 0 Å². The molecule has 582 valence electrons. The molecule has 0 amide bonds. The lowest BCUT2D eigenvalue weighted by molar-refractivity contribution is -0.161. The molecule has 0 fully saturated rings. The summed E-state index contributed by atoms with van der Waals surface area (Å²) >= 11 is 0. The Morgan fingerprint density at radius 2 is 0.469 bits per heavy atom. The van der Waals surface area contributed by atoms with E-state index in [1.807, 2.05) is 0 Å². The van der Waals surface area contributed by atoms with Gasteiger partial charge in [-0.3, -0.25) is 37.3 Å². The van der Waals surface area contributed by atoms with E-state index in [2.05, 4.69) is 34.6 Å². The molecule has 0 aliphatic heterocycles. The quantitative estimate of drug-likeness (QED) is 0.0222. The molecule has 98 heavy (non-hydrogen) atoms. The number of carbonyl (C=O) groups is 4. The molecule has 0 saturated heterocycles. The molecule has 5 atom stereocenters. The van der Waals surface area contributed by atoms with Crippen LogP contribution in [0.4, 0.5) is 0 Å². The molecule has 0 aromatic rings. The first-order valence-corrected chi connectivity index (χ1v) is 44.1. The summed E-state index contributed by atoms with van der Waals surface area (Å²) in [7, 11) is -9.91. The lowest BCUT2D eigenvalue weighted by Gasteiger charge is -2.21. The van der Waals surface area contributed by atoms with E-state index in [1.165, 1.54) is 244 Å². The van der Waals surface area contributed by atoms with Crippen molar-refractivity contribution in [2.75, 3.05) is 39.6 Å². The Balaban J connectivity index is 5.22. The molecule has 0 aliphatic carbocycles. The fourth-order valence-corrected chi connectivity index (χ4v) is 13.8. The molecular weight excluding hydrogens is 1280 g/mol. The number of aliphatic hydroxyl groups is 1. The maximum atomic E-state index is 13.1. The lowest BCUT2D eigenvalue weighted by Crippen LogP contribution is -2.30. The Morgan fingerprint density at radius 3 is 0.694 bits per heavy atom. The number of unbranched alkanes of at least 4 members (excludes halogenated alkanes) is 51. The number of carbonyl (C=O) groups excluding carboxylic acids is 4. The predicted molar refractivity (Wildman–Crippen MR) is 400 cm³/mol. The van der Waals surface area contributed by atoms with E-state index in [4.69, 9.17) is 37.0 Å². The van der Waals surface area contributed by atoms with Crippen molar-refractivity contribution in [2.24, 2.45) is 5.92 Å². The molecule has 17 nitrogen and oxygen atoms in total. The highest BCUT2D eigenvalue weighted by molar-refractivity contribution is 7.47. The van der Waals surface area contributed by atoms with E-state index in [0.717, 1.165) is 95.8 Å². The summed E-state index contributed by atoms with van der Waals surface area (Å²) < 4.78 is 68.6. The van der Waals surface area contributed by atoms with Crippen LogP contribution in [0, 0.1) is 5.92 Å². The van der Waals surface area contributed by atoms with E-state index in [1.54, 1.807) is 0 Å². The smallest absolute Gasteiger partial charge is 0.462 e. The number of phosphoric acid groups is 2. The number of hydrogen-bond acceptors (Lipinski definition) is 15. The largest absolute Gasteiger partial charge is 0.472 e. The van der Waals surface area contributed by atoms with E-state index in [9.17, 15) is 43.2 Å². The minimum Gasteiger partial charge on any atom is -0.462 e. The first kappa shape index (κ1) is 96.1. The first-order chi connectivity index (χ1) is 47.5. The van der Waals surface area contributed by atoms with Crippen LogP contribution in [0.1, 0.15) is 420 Å². The van der Waals surface area contributed by atoms with Crippen LogP contribution in [0.5, 0.6) is 0 Å². The first-order valence-electron chi connectivity index (χ1n) is 41.1. The van der Waals surface area contributed by atoms with Crippen LogP contribution in [0.3, 0.4) is 0 Å². The van der Waals surface area contributed by atoms with Gasteiger partial charge in [-0.05, 0) is 31.6 Å². The standard InChI is InChI=1S/C79H154O17P2/c1-6-9-12-15-18-21-24-26-28-30-31-32-33-35-37-39-44-49-54-59-64-78(83)95-74(69-90-77(82)63-58-53-48-43-38-36-34-29-27-25-22-19-16-13-10-7-2)70-93-97(85,86)91-66-73(80)67-92-98(87,88)94-71-75(68-89-76(81)62-57-52-47-42-23-20-17-14-11-8-3)96-79(84)65-60-55-50-45-40-41-46-51-56-61-72(4)5/h72-75,80H,6-71H2,1-5H3,(H,85,86)(H,87,88)/t73-,74-,75-/m1/s1. The van der Waals surface area contributed by atoms with Crippen LogP contribution in [0.25, 0.3) is 0 Å². The van der Waals surface area contributed by atoms with E-state index >= 15 is 0 Å². The van der Waals surface area contributed by atoms with Gasteiger partial charge in [0.2, 0.25) is 0 Å². The van der Waals surface area contributed by atoms with Gasteiger partial charge in [-0.2, -0.15) is 0 Å². The molecule has 0 rings (SSSR count). The van der Waals surface area contributed by atoms with E-state index < -0.39 is 97.5 Å². The zero-order valence-corrected chi connectivity index (χ0v) is 65.7. The van der Waals surface area contributed by atoms with Crippen molar-refractivity contribution in [3.05, 3.63) is 0 Å². The van der Waals surface area contributed by atoms with Crippen molar-refractivity contribution < 1.29 is 80.2 Å². The van der Waals surface area contributed by atoms with Gasteiger partial charge in [-0.1, -0.05) is 369 Å². The minimum absolute atomic E-state index is 0.106. The van der Waals surface area contributed by atoms with Gasteiger partial charge in [-0.15, -0.1) is 0 Å². The van der Waals surface area contributed by atoms with Crippen molar-refractivity contribution in [3.8, 4) is 0 Å². The maximum absolute atomic E-state index is 13.1. The van der Waals surface area contributed by atoms with Crippen molar-refractivity contribution >= 4 is 39.5 Å². The third-order valence-corrected chi connectivity index (χ3v) is 20.4. The molecule has 0 spiro atoms. The third-order valence-electron chi connectivity index (χ3n) is 18.5. The van der Waals surface area contributed by atoms with Gasteiger partial charge < -0.3 is 33.8 Å². The van der Waals surface area contributed by atoms with Crippen LogP contribution in [-0.2, 0) is 65.4 Å². The summed E-state index contributed by atoms with van der Waals surface area (Å²) in [5.74, 6) is -1.37. The molecule has 2 unspecified atom stereocenters. The highest BCUT2D eigenvalue weighted by Crippen LogP contribution is 2.45. The third kappa shape index (κ3) is 72.4. The summed E-state index contributed by atoms with van der Waals surface area (Å²) in [4.78, 5) is 72.9. The fourth-order valence-electron chi connectivity index (χ4n) is 12.2. The number of phosphoric ester groups is 2. The number of aliphatic hydroxyl groups excluding tert-OH is 1. The Kier molecular flexibility index (Phi) is 70.6. The molecule has 0 saturated carbocycles. The second-order valence-corrected chi connectivity index (χ2v) is 31.8. The molecule has 3 N–H and O–H groups in total. The van der Waals surface area contributed by atoms with Crippen molar-refractivity contribution in [1.82, 2.24) is 0 Å². The molecule has 0 radical (unpaired) electrons. The monoisotopic (exact) mass is 1440 g/mol. The maximum Gasteiger partial charge on any atom is 0.472 e. The molecule has 0 aromatic heterocycles. The van der Waals surface area contributed by atoms with Crippen LogP contribution in [-0.4, -0.2) is 96.7 Å². The second kappa shape index (κ2) is 72.0. The van der Waals surface area contributed by atoms with Gasteiger partial charge in [0, 0.05) is 25.7 Å². The van der Waals surface area contributed by atoms with Gasteiger partial charge in [-0.25, -0.2) is 9.13 Å². The van der Waals surface area contributed by atoms with Gasteiger partial charge >= 0.3 is 39.5 Å². The van der Waals surface area contributed by atoms with E-state index in [0.29, 0.717) is 25.7 Å². The zero-order valence-electron chi connectivity index (χ0n) is 63.9. The Bertz CT molecular complexity index is 1870. The Morgan fingerprint density at radius 1 is 0.276 bits per heavy atom. The normalized spacial score (nSPS) is 13.9. The molecule has 0 heterocycles. The summed E-state index contributed by atoms with van der Waals surface area (Å²) in [5, 5.41) is 10.6. The average Bonchev–Trinajstić information content (AvgIpc) is 0.972. The van der Waals surface area contributed by atoms with E-state index in [-0.39, 0.29) is 25.7 Å². The molecule has 0 aromatic carbocycles. The van der Waals surface area contributed by atoms with Crippen LogP contribution in [0.15, 0.2) is 0 Å². The summed E-state index contributed by atoms with van der Waals surface area (Å²) in [5.41, 5.74) is 0. The number of esters is 4. The van der Waals surface area contributed by atoms with Gasteiger partial charge in [0.1, 0.15) is 19.3 Å². The van der Waals surface area contributed by atoms with Crippen LogP contribution < -0.4 is 0 Å². The Labute approximate surface area is 600 Å². The topological polar surface area (TPSA) is 237 Å². The van der Waals surface area contributed by atoms with Gasteiger partial charge in [0.25, 0.3) is 0 Å². The lowest BCUT2D eigenvalue weighted by atomic mass is 10.0. The summed E-state index contributed by atoms with van der Waals surface area (Å²) in [6, 6.07) is 0. The summed E-state index contributed by atoms with van der Waals surface area (Å²) in [6.45, 7) is 7.28. The van der Waals surface area contributed by atoms with Gasteiger partial charge in [0.15, 0.2) is 12.2 Å². The van der Waals surface area contributed by atoms with Crippen LogP contribution in [0.2, 0.25) is 0 Å². The molecule has 0 aliphatic rings. The highest BCUT2D eigenvalue weighted by Gasteiger charge is 2.30. The highest BCUT2D eigenvalue weighted by atomic mass is 31.2. The molecular formula is C79H154O17P2. The zero-order chi connectivity index (χ0) is 71.9.